The zero-order valence-corrected chi connectivity index (χ0v) is 11.5. The molecule has 1 aromatic carbocycles. The first kappa shape index (κ1) is 12.0. The number of fused-ring (bicyclic) bond motifs is 2. The van der Waals surface area contributed by atoms with Gasteiger partial charge in [-0.15, -0.1) is 0 Å². The molecule has 0 saturated carbocycles. The van der Waals surface area contributed by atoms with Crippen molar-refractivity contribution in [2.75, 3.05) is 6.79 Å². The van der Waals surface area contributed by atoms with Crippen LogP contribution in [0.2, 0.25) is 0 Å². The molecule has 4 nitrogen and oxygen atoms in total. The van der Waals surface area contributed by atoms with Crippen LogP contribution in [-0.4, -0.2) is 24.8 Å². The van der Waals surface area contributed by atoms with Crippen molar-refractivity contribution < 1.29 is 18.9 Å². The van der Waals surface area contributed by atoms with Crippen molar-refractivity contribution in [3.63, 3.8) is 0 Å². The predicted molar refractivity (Wildman–Crippen MR) is 73.5 cm³/mol. The molecule has 2 atom stereocenters. The average molecular weight is 272 g/mol. The van der Waals surface area contributed by atoms with E-state index < -0.39 is 5.79 Å². The number of allylic oxidation sites excluding steroid dienone is 2. The lowest BCUT2D eigenvalue weighted by molar-refractivity contribution is -0.138. The van der Waals surface area contributed by atoms with Gasteiger partial charge in [0, 0.05) is 0 Å². The molecule has 4 rings (SSSR count). The third kappa shape index (κ3) is 1.92. The van der Waals surface area contributed by atoms with Crippen LogP contribution in [0.25, 0.3) is 5.57 Å². The number of hydrogen-bond donors (Lipinski definition) is 0. The van der Waals surface area contributed by atoms with Crippen molar-refractivity contribution in [3.05, 3.63) is 42.0 Å². The van der Waals surface area contributed by atoms with Crippen LogP contribution in [-0.2, 0) is 9.47 Å². The second kappa shape index (κ2) is 4.11. The molecule has 104 valence electrons. The Bertz CT molecular complexity index is 615. The maximum Gasteiger partial charge on any atom is 0.231 e. The highest BCUT2D eigenvalue weighted by Gasteiger charge is 2.40. The Hall–Kier alpha value is -1.78. The van der Waals surface area contributed by atoms with E-state index in [1.165, 1.54) is 0 Å². The fourth-order valence-corrected chi connectivity index (χ4v) is 2.79. The van der Waals surface area contributed by atoms with Crippen LogP contribution in [0.4, 0.5) is 0 Å². The lowest BCUT2D eigenvalue weighted by Crippen LogP contribution is -2.20. The van der Waals surface area contributed by atoms with Crippen molar-refractivity contribution in [1.82, 2.24) is 0 Å². The van der Waals surface area contributed by atoms with Crippen LogP contribution in [0.5, 0.6) is 11.5 Å². The van der Waals surface area contributed by atoms with Crippen molar-refractivity contribution in [1.29, 1.82) is 0 Å². The molecule has 1 aliphatic carbocycles. The molecular weight excluding hydrogens is 256 g/mol. The van der Waals surface area contributed by atoms with Gasteiger partial charge in [-0.2, -0.15) is 0 Å². The van der Waals surface area contributed by atoms with E-state index in [-0.39, 0.29) is 12.2 Å². The largest absolute Gasteiger partial charge is 0.454 e. The van der Waals surface area contributed by atoms with E-state index >= 15 is 0 Å². The number of hydrogen-bond acceptors (Lipinski definition) is 4. The normalized spacial score (nSPS) is 29.2. The van der Waals surface area contributed by atoms with E-state index in [1.54, 1.807) is 0 Å². The second-order valence-corrected chi connectivity index (χ2v) is 5.61. The molecule has 1 saturated heterocycles. The highest BCUT2D eigenvalue weighted by Crippen LogP contribution is 2.38. The van der Waals surface area contributed by atoms with Crippen molar-refractivity contribution in [2.24, 2.45) is 0 Å². The number of ether oxygens (including phenoxy) is 4. The van der Waals surface area contributed by atoms with Crippen LogP contribution in [0.3, 0.4) is 0 Å². The van der Waals surface area contributed by atoms with Gasteiger partial charge in [-0.1, -0.05) is 18.2 Å². The summed E-state index contributed by atoms with van der Waals surface area (Å²) < 4.78 is 22.5. The van der Waals surface area contributed by atoms with Crippen LogP contribution in [0, 0.1) is 0 Å². The van der Waals surface area contributed by atoms with E-state index in [0.29, 0.717) is 6.79 Å². The second-order valence-electron chi connectivity index (χ2n) is 5.61. The summed E-state index contributed by atoms with van der Waals surface area (Å²) >= 11 is 0. The molecule has 0 bridgehead atoms. The van der Waals surface area contributed by atoms with Gasteiger partial charge in [0.25, 0.3) is 0 Å². The summed E-state index contributed by atoms with van der Waals surface area (Å²) in [6.07, 6.45) is 6.21. The van der Waals surface area contributed by atoms with Gasteiger partial charge in [-0.05, 0) is 43.2 Å². The fourth-order valence-electron chi connectivity index (χ4n) is 2.79. The standard InChI is InChI=1S/C16H16O4/c1-16(2)19-13-6-4-11(8-15(13)20-16)10-3-5-12-14(7-10)18-9-17-12/h3-8,13,15H,9H2,1-2H3/t13-,15+/m1/s1. The highest BCUT2D eigenvalue weighted by atomic mass is 16.7. The van der Waals surface area contributed by atoms with Gasteiger partial charge in [0.05, 0.1) is 0 Å². The monoisotopic (exact) mass is 272 g/mol. The average Bonchev–Trinajstić information content (AvgIpc) is 2.98. The quantitative estimate of drug-likeness (QED) is 0.787. The van der Waals surface area contributed by atoms with Crippen molar-refractivity contribution >= 4 is 5.57 Å². The van der Waals surface area contributed by atoms with Gasteiger partial charge in [-0.25, -0.2) is 0 Å². The van der Waals surface area contributed by atoms with Crippen LogP contribution >= 0.6 is 0 Å². The molecule has 1 aromatic rings. The van der Waals surface area contributed by atoms with Gasteiger partial charge in [0.1, 0.15) is 12.2 Å². The van der Waals surface area contributed by atoms with Gasteiger partial charge < -0.3 is 18.9 Å². The first-order valence-corrected chi connectivity index (χ1v) is 6.76. The Labute approximate surface area is 117 Å². The van der Waals surface area contributed by atoms with Crippen LogP contribution in [0.15, 0.2) is 36.4 Å². The van der Waals surface area contributed by atoms with Crippen LogP contribution in [0.1, 0.15) is 19.4 Å². The first-order valence-electron chi connectivity index (χ1n) is 6.76. The maximum atomic E-state index is 5.89. The Balaban J connectivity index is 1.65. The lowest BCUT2D eigenvalue weighted by atomic mass is 9.96. The highest BCUT2D eigenvalue weighted by molar-refractivity contribution is 5.77. The fraction of sp³-hybridized carbons (Fsp3) is 0.375. The van der Waals surface area contributed by atoms with E-state index in [9.17, 15) is 0 Å². The topological polar surface area (TPSA) is 36.9 Å². The van der Waals surface area contributed by atoms with E-state index in [4.69, 9.17) is 18.9 Å². The summed E-state index contributed by atoms with van der Waals surface area (Å²) in [6, 6.07) is 5.97. The number of rotatable bonds is 1. The van der Waals surface area contributed by atoms with Gasteiger partial charge in [0.15, 0.2) is 17.3 Å². The minimum absolute atomic E-state index is 0.00256. The summed E-state index contributed by atoms with van der Waals surface area (Å²) in [4.78, 5) is 0. The minimum Gasteiger partial charge on any atom is -0.454 e. The third-order valence-electron chi connectivity index (χ3n) is 3.68. The molecular formula is C16H16O4. The first-order chi connectivity index (χ1) is 9.61. The zero-order chi connectivity index (χ0) is 13.7. The number of benzene rings is 1. The molecule has 3 aliphatic rings. The zero-order valence-electron chi connectivity index (χ0n) is 11.5. The maximum absolute atomic E-state index is 5.89. The molecule has 0 amide bonds. The van der Waals surface area contributed by atoms with Gasteiger partial charge in [0.2, 0.25) is 6.79 Å². The Morgan fingerprint density at radius 1 is 1.05 bits per heavy atom. The van der Waals surface area contributed by atoms with E-state index in [0.717, 1.165) is 22.6 Å². The molecule has 20 heavy (non-hydrogen) atoms. The molecule has 0 N–H and O–H groups in total. The lowest BCUT2D eigenvalue weighted by Gasteiger charge is -2.16. The summed E-state index contributed by atoms with van der Waals surface area (Å²) in [5, 5.41) is 0. The minimum atomic E-state index is -0.527. The molecule has 0 spiro atoms. The smallest absolute Gasteiger partial charge is 0.231 e. The molecule has 0 unspecified atom stereocenters. The molecule has 2 heterocycles. The van der Waals surface area contributed by atoms with Gasteiger partial charge >= 0.3 is 0 Å². The summed E-state index contributed by atoms with van der Waals surface area (Å²) in [5.41, 5.74) is 2.21. The Morgan fingerprint density at radius 3 is 2.75 bits per heavy atom. The summed E-state index contributed by atoms with van der Waals surface area (Å²) in [7, 11) is 0. The third-order valence-corrected chi connectivity index (χ3v) is 3.68. The van der Waals surface area contributed by atoms with E-state index in [1.807, 2.05) is 32.0 Å². The van der Waals surface area contributed by atoms with Gasteiger partial charge in [-0.3, -0.25) is 0 Å². The molecule has 0 aromatic heterocycles. The Morgan fingerprint density at radius 2 is 1.85 bits per heavy atom. The Kier molecular flexibility index (Phi) is 2.46. The molecule has 4 heteroatoms. The summed E-state index contributed by atoms with van der Waals surface area (Å²) in [6.45, 7) is 4.17. The predicted octanol–water partition coefficient (Wildman–Crippen LogP) is 2.89. The van der Waals surface area contributed by atoms with Crippen molar-refractivity contribution in [3.8, 4) is 11.5 Å². The molecule has 0 radical (unpaired) electrons. The van der Waals surface area contributed by atoms with Crippen LogP contribution < -0.4 is 9.47 Å². The molecule has 1 fully saturated rings. The molecule has 2 aliphatic heterocycles. The SMILES string of the molecule is CC1(C)O[C@H]2C=C(c3ccc4c(c3)OCO4)C=C[C@H]2O1. The van der Waals surface area contributed by atoms with E-state index in [2.05, 4.69) is 18.2 Å². The van der Waals surface area contributed by atoms with Crippen molar-refractivity contribution in [2.45, 2.75) is 31.8 Å². The summed E-state index contributed by atoms with van der Waals surface area (Å²) in [5.74, 6) is 1.07.